The van der Waals surface area contributed by atoms with E-state index in [1.54, 1.807) is 0 Å². The lowest BCUT2D eigenvalue weighted by molar-refractivity contribution is -0.145. The average molecular weight is 201 g/mol. The fourth-order valence-corrected chi connectivity index (χ4v) is 1.33. The van der Waals surface area contributed by atoms with E-state index in [1.807, 2.05) is 0 Å². The van der Waals surface area contributed by atoms with E-state index in [0.29, 0.717) is 26.1 Å². The van der Waals surface area contributed by atoms with E-state index < -0.39 is 17.9 Å². The van der Waals surface area contributed by atoms with Gasteiger partial charge >= 0.3 is 11.8 Å². The predicted octanol–water partition coefficient (Wildman–Crippen LogP) is -2.35. The number of hydrogen-bond donors (Lipinski definition) is 3. The molecule has 0 aromatic carbocycles. The Balaban J connectivity index is 2.37. The lowest BCUT2D eigenvalue weighted by Gasteiger charge is -2.14. The first-order valence-electron chi connectivity index (χ1n) is 4.60. The first kappa shape index (κ1) is 10.9. The van der Waals surface area contributed by atoms with Crippen LogP contribution in [0.3, 0.4) is 0 Å². The molecule has 1 fully saturated rings. The van der Waals surface area contributed by atoms with Crippen LogP contribution in [0, 0.1) is 0 Å². The Morgan fingerprint density at radius 1 is 1.57 bits per heavy atom. The van der Waals surface area contributed by atoms with E-state index in [1.165, 1.54) is 4.90 Å². The Labute approximate surface area is 82.1 Å². The molecule has 0 unspecified atom stereocenters. The Kier molecular flexibility index (Phi) is 3.84. The third-order valence-corrected chi connectivity index (χ3v) is 2.07. The molecule has 2 amide bonds. The van der Waals surface area contributed by atoms with Gasteiger partial charge in [0.25, 0.3) is 0 Å². The Bertz CT molecular complexity index is 232. The zero-order chi connectivity index (χ0) is 10.6. The minimum atomic E-state index is -0.649. The van der Waals surface area contributed by atoms with Gasteiger partial charge in [0.05, 0.1) is 6.10 Å². The molecule has 14 heavy (non-hydrogen) atoms. The van der Waals surface area contributed by atoms with Crippen LogP contribution in [-0.4, -0.2) is 54.1 Å². The predicted molar refractivity (Wildman–Crippen MR) is 49.3 cm³/mol. The molecule has 0 radical (unpaired) electrons. The van der Waals surface area contributed by atoms with Gasteiger partial charge in [0.1, 0.15) is 0 Å². The average Bonchev–Trinajstić information content (AvgIpc) is 2.60. The minimum Gasteiger partial charge on any atom is -0.391 e. The molecule has 6 nitrogen and oxygen atoms in total. The van der Waals surface area contributed by atoms with Gasteiger partial charge in [0.15, 0.2) is 0 Å². The number of rotatable bonds is 2. The largest absolute Gasteiger partial charge is 0.391 e. The van der Waals surface area contributed by atoms with Crippen molar-refractivity contribution in [1.29, 1.82) is 0 Å². The Hall–Kier alpha value is -1.14. The maximum atomic E-state index is 11.4. The number of carbonyl (C=O) groups excluding carboxylic acids is 2. The van der Waals surface area contributed by atoms with Crippen LogP contribution in [0.25, 0.3) is 0 Å². The summed E-state index contributed by atoms with van der Waals surface area (Å²) in [6.45, 7) is 1.29. The van der Waals surface area contributed by atoms with Gasteiger partial charge in [-0.25, -0.2) is 0 Å². The van der Waals surface area contributed by atoms with Crippen molar-refractivity contribution in [3.05, 3.63) is 0 Å². The summed E-state index contributed by atoms with van der Waals surface area (Å²) in [7, 11) is 0. The Morgan fingerprint density at radius 3 is 2.79 bits per heavy atom. The first-order valence-corrected chi connectivity index (χ1v) is 4.60. The molecule has 1 aliphatic heterocycles. The van der Waals surface area contributed by atoms with Crippen molar-refractivity contribution in [3.63, 3.8) is 0 Å². The van der Waals surface area contributed by atoms with E-state index >= 15 is 0 Å². The molecule has 80 valence electrons. The fraction of sp³-hybridized carbons (Fsp3) is 0.750. The van der Waals surface area contributed by atoms with Gasteiger partial charge in [0, 0.05) is 26.2 Å². The molecule has 0 spiro atoms. The van der Waals surface area contributed by atoms with Gasteiger partial charge in [-0.1, -0.05) is 0 Å². The number of aliphatic hydroxyl groups excluding tert-OH is 1. The number of nitrogens with one attached hydrogen (secondary N) is 1. The summed E-state index contributed by atoms with van der Waals surface area (Å²) >= 11 is 0. The van der Waals surface area contributed by atoms with E-state index in [2.05, 4.69) is 5.32 Å². The van der Waals surface area contributed by atoms with Crippen LogP contribution in [0.5, 0.6) is 0 Å². The number of nitrogens with two attached hydrogens (primary N) is 1. The summed E-state index contributed by atoms with van der Waals surface area (Å²) in [6, 6.07) is 0. The lowest BCUT2D eigenvalue weighted by Crippen LogP contribution is -2.43. The molecule has 0 saturated carbocycles. The molecule has 0 aromatic rings. The van der Waals surface area contributed by atoms with Crippen LogP contribution in [0.2, 0.25) is 0 Å². The second-order valence-corrected chi connectivity index (χ2v) is 3.24. The smallest absolute Gasteiger partial charge is 0.311 e. The summed E-state index contributed by atoms with van der Waals surface area (Å²) < 4.78 is 0. The van der Waals surface area contributed by atoms with Crippen LogP contribution in [-0.2, 0) is 9.59 Å². The van der Waals surface area contributed by atoms with Gasteiger partial charge in [-0.2, -0.15) is 0 Å². The quantitative estimate of drug-likeness (QED) is 0.436. The van der Waals surface area contributed by atoms with Crippen LogP contribution < -0.4 is 11.1 Å². The van der Waals surface area contributed by atoms with Gasteiger partial charge in [-0.3, -0.25) is 9.59 Å². The van der Waals surface area contributed by atoms with Crippen LogP contribution in [0.15, 0.2) is 0 Å². The molecule has 1 aliphatic rings. The van der Waals surface area contributed by atoms with Crippen LogP contribution in [0.4, 0.5) is 0 Å². The third kappa shape index (κ3) is 2.68. The molecule has 0 bridgehead atoms. The number of likely N-dealkylation sites (tertiary alicyclic amines) is 1. The van der Waals surface area contributed by atoms with Crippen molar-refractivity contribution < 1.29 is 14.7 Å². The highest BCUT2D eigenvalue weighted by Crippen LogP contribution is 2.08. The fourth-order valence-electron chi connectivity index (χ4n) is 1.33. The monoisotopic (exact) mass is 201 g/mol. The van der Waals surface area contributed by atoms with Gasteiger partial charge in [-0.15, -0.1) is 0 Å². The summed E-state index contributed by atoms with van der Waals surface area (Å²) in [5.41, 5.74) is 5.17. The van der Waals surface area contributed by atoms with Crippen LogP contribution in [0.1, 0.15) is 6.42 Å². The van der Waals surface area contributed by atoms with Gasteiger partial charge < -0.3 is 21.1 Å². The van der Waals surface area contributed by atoms with Gasteiger partial charge in [-0.05, 0) is 6.42 Å². The highest BCUT2D eigenvalue weighted by atomic mass is 16.3. The minimum absolute atomic E-state index is 0.245. The topological polar surface area (TPSA) is 95.7 Å². The summed E-state index contributed by atoms with van der Waals surface area (Å²) in [5, 5.41) is 11.5. The van der Waals surface area contributed by atoms with Gasteiger partial charge in [0.2, 0.25) is 0 Å². The highest BCUT2D eigenvalue weighted by Gasteiger charge is 2.28. The highest BCUT2D eigenvalue weighted by molar-refractivity contribution is 6.35. The molecular weight excluding hydrogens is 186 g/mol. The summed E-state index contributed by atoms with van der Waals surface area (Å²) in [4.78, 5) is 23.9. The summed E-state index contributed by atoms with van der Waals surface area (Å²) in [6.07, 6.45) is 0.0388. The number of aliphatic hydroxyl groups is 1. The van der Waals surface area contributed by atoms with E-state index in [0.717, 1.165) is 0 Å². The zero-order valence-electron chi connectivity index (χ0n) is 7.90. The maximum Gasteiger partial charge on any atom is 0.311 e. The Morgan fingerprint density at radius 2 is 2.29 bits per heavy atom. The molecule has 1 rings (SSSR count). The molecule has 0 aromatic heterocycles. The van der Waals surface area contributed by atoms with Crippen molar-refractivity contribution >= 4 is 11.8 Å². The number of amides is 2. The normalized spacial score (nSPS) is 21.0. The van der Waals surface area contributed by atoms with Crippen molar-refractivity contribution in [1.82, 2.24) is 10.2 Å². The van der Waals surface area contributed by atoms with E-state index in [4.69, 9.17) is 10.8 Å². The molecule has 0 aliphatic carbocycles. The van der Waals surface area contributed by atoms with Crippen LogP contribution >= 0.6 is 0 Å². The molecule has 6 heteroatoms. The second-order valence-electron chi connectivity index (χ2n) is 3.24. The lowest BCUT2D eigenvalue weighted by atomic mass is 10.3. The van der Waals surface area contributed by atoms with E-state index in [-0.39, 0.29) is 6.54 Å². The van der Waals surface area contributed by atoms with E-state index in [9.17, 15) is 9.59 Å². The number of carbonyl (C=O) groups is 2. The molecule has 1 atom stereocenters. The molecular formula is C8H15N3O3. The molecule has 1 saturated heterocycles. The van der Waals surface area contributed by atoms with Crippen molar-refractivity contribution in [2.45, 2.75) is 12.5 Å². The number of nitrogens with zero attached hydrogens (tertiary/aromatic N) is 1. The van der Waals surface area contributed by atoms with Crippen molar-refractivity contribution in [3.8, 4) is 0 Å². The standard InChI is InChI=1S/C8H15N3O3/c9-2-3-10-7(13)8(14)11-4-1-6(12)5-11/h6,12H,1-5,9H2,(H,10,13)/t6-/m1/s1. The zero-order valence-corrected chi connectivity index (χ0v) is 7.90. The second kappa shape index (κ2) is 4.92. The SMILES string of the molecule is NCCNC(=O)C(=O)N1CC[C@@H](O)C1. The van der Waals surface area contributed by atoms with Crippen molar-refractivity contribution in [2.75, 3.05) is 26.2 Å². The first-order chi connectivity index (χ1) is 6.65. The molecule has 4 N–H and O–H groups in total. The summed E-state index contributed by atoms with van der Waals surface area (Å²) in [5.74, 6) is -1.24. The third-order valence-electron chi connectivity index (χ3n) is 2.07. The molecule has 1 heterocycles. The number of hydrogen-bond acceptors (Lipinski definition) is 4. The maximum absolute atomic E-state index is 11.4. The van der Waals surface area contributed by atoms with Crippen molar-refractivity contribution in [2.24, 2.45) is 5.73 Å². The number of β-amino-alcohol motifs (C(OH)–C–C–N with tert-alkyl or cyclic N) is 1.